The fraction of sp³-hybridized carbons (Fsp3) is 0.300. The predicted molar refractivity (Wildman–Crippen MR) is 60.6 cm³/mol. The maximum atomic E-state index is 11.6. The van der Waals surface area contributed by atoms with Crippen LogP contribution in [0.5, 0.6) is 5.75 Å². The van der Waals surface area contributed by atoms with Crippen molar-refractivity contribution in [3.05, 3.63) is 23.8 Å². The van der Waals surface area contributed by atoms with Gasteiger partial charge >= 0.3 is 5.97 Å². The van der Waals surface area contributed by atoms with Gasteiger partial charge in [-0.15, -0.1) is 0 Å². The van der Waals surface area contributed by atoms with Gasteiger partial charge in [0.05, 0.1) is 16.5 Å². The van der Waals surface area contributed by atoms with E-state index in [2.05, 4.69) is 4.72 Å². The lowest BCUT2D eigenvalue weighted by Gasteiger charge is -2.08. The quantitative estimate of drug-likeness (QED) is 0.746. The van der Waals surface area contributed by atoms with Crippen LogP contribution in [0.1, 0.15) is 23.2 Å². The first-order valence-electron chi connectivity index (χ1n) is 4.97. The fourth-order valence-corrected chi connectivity index (χ4v) is 2.79. The number of carboxylic acid groups (broad SMARTS) is 1. The van der Waals surface area contributed by atoms with Crippen LogP contribution in [0.25, 0.3) is 0 Å². The molecule has 1 aromatic carbocycles. The van der Waals surface area contributed by atoms with Crippen LogP contribution >= 0.6 is 0 Å². The molecule has 92 valence electrons. The third kappa shape index (κ3) is 2.68. The standard InChI is InChI=1S/C10H11NO5S/c12-8-4-6(10(13)14)3-7(5-8)11-17(15,16)9-1-2-9/h3-5,9,11-12H,1-2H2,(H,13,14). The fourth-order valence-electron chi connectivity index (χ4n) is 1.42. The summed E-state index contributed by atoms with van der Waals surface area (Å²) in [7, 11) is -3.45. The van der Waals surface area contributed by atoms with Crippen molar-refractivity contribution >= 4 is 21.7 Å². The van der Waals surface area contributed by atoms with Crippen LogP contribution in [-0.2, 0) is 10.0 Å². The van der Waals surface area contributed by atoms with Crippen molar-refractivity contribution in [2.45, 2.75) is 18.1 Å². The molecule has 0 saturated heterocycles. The Labute approximate surface area is 97.9 Å². The summed E-state index contributed by atoms with van der Waals surface area (Å²) in [5.74, 6) is -1.52. The second-order valence-electron chi connectivity index (χ2n) is 3.92. The molecule has 0 unspecified atom stereocenters. The molecule has 7 heteroatoms. The molecule has 3 N–H and O–H groups in total. The zero-order valence-electron chi connectivity index (χ0n) is 8.75. The number of aromatic hydroxyl groups is 1. The number of hydrogen-bond donors (Lipinski definition) is 3. The molecule has 0 radical (unpaired) electrons. The number of anilines is 1. The first-order valence-corrected chi connectivity index (χ1v) is 6.52. The van der Waals surface area contributed by atoms with Crippen LogP contribution < -0.4 is 4.72 Å². The van der Waals surface area contributed by atoms with Crippen molar-refractivity contribution in [3.8, 4) is 5.75 Å². The molecule has 0 aliphatic heterocycles. The van der Waals surface area contributed by atoms with Gasteiger partial charge in [0.25, 0.3) is 0 Å². The van der Waals surface area contributed by atoms with E-state index in [-0.39, 0.29) is 17.0 Å². The molecule has 17 heavy (non-hydrogen) atoms. The zero-order chi connectivity index (χ0) is 12.6. The molecule has 2 rings (SSSR count). The Balaban J connectivity index is 2.29. The number of aromatic carboxylic acids is 1. The average molecular weight is 257 g/mol. The zero-order valence-corrected chi connectivity index (χ0v) is 9.57. The van der Waals surface area contributed by atoms with Crippen molar-refractivity contribution < 1.29 is 23.4 Å². The van der Waals surface area contributed by atoms with Crippen LogP contribution in [0.2, 0.25) is 0 Å². The summed E-state index contributed by atoms with van der Waals surface area (Å²) >= 11 is 0. The number of sulfonamides is 1. The van der Waals surface area contributed by atoms with Crippen LogP contribution in [0.15, 0.2) is 18.2 Å². The molecule has 1 saturated carbocycles. The lowest BCUT2D eigenvalue weighted by molar-refractivity contribution is 0.0696. The third-order valence-electron chi connectivity index (χ3n) is 2.39. The summed E-state index contributed by atoms with van der Waals surface area (Å²) in [6.45, 7) is 0. The van der Waals surface area contributed by atoms with Gasteiger partial charge in [-0.05, 0) is 25.0 Å². The van der Waals surface area contributed by atoms with E-state index >= 15 is 0 Å². The molecule has 0 atom stereocenters. The van der Waals surface area contributed by atoms with Crippen LogP contribution in [-0.4, -0.2) is 29.9 Å². The number of rotatable bonds is 4. The molecule has 1 aliphatic carbocycles. The highest BCUT2D eigenvalue weighted by Gasteiger charge is 2.35. The van der Waals surface area contributed by atoms with Gasteiger partial charge in [-0.2, -0.15) is 0 Å². The maximum absolute atomic E-state index is 11.6. The highest BCUT2D eigenvalue weighted by atomic mass is 32.2. The normalized spacial score (nSPS) is 15.5. The van der Waals surface area contributed by atoms with Gasteiger partial charge in [-0.25, -0.2) is 13.2 Å². The highest BCUT2D eigenvalue weighted by Crippen LogP contribution is 2.30. The Kier molecular flexibility index (Phi) is 2.70. The van der Waals surface area contributed by atoms with Crippen LogP contribution in [0.3, 0.4) is 0 Å². The summed E-state index contributed by atoms with van der Waals surface area (Å²) in [5, 5.41) is 17.7. The predicted octanol–water partition coefficient (Wildman–Crippen LogP) is 0.994. The molecule has 1 aliphatic rings. The number of phenolic OH excluding ortho intramolecular Hbond substituents is 1. The van der Waals surface area contributed by atoms with Gasteiger partial charge in [0.2, 0.25) is 10.0 Å². The van der Waals surface area contributed by atoms with Gasteiger partial charge in [-0.1, -0.05) is 0 Å². The van der Waals surface area contributed by atoms with E-state index in [9.17, 15) is 18.3 Å². The van der Waals surface area contributed by atoms with Crippen molar-refractivity contribution in [1.82, 2.24) is 0 Å². The van der Waals surface area contributed by atoms with Crippen molar-refractivity contribution in [1.29, 1.82) is 0 Å². The lowest BCUT2D eigenvalue weighted by atomic mass is 10.2. The summed E-state index contributed by atoms with van der Waals surface area (Å²) < 4.78 is 25.5. The molecule has 0 aromatic heterocycles. The molecule has 0 heterocycles. The molecule has 1 fully saturated rings. The Morgan fingerprint density at radius 1 is 1.29 bits per heavy atom. The average Bonchev–Trinajstić information content (AvgIpc) is 2.98. The Morgan fingerprint density at radius 2 is 1.94 bits per heavy atom. The van der Waals surface area contributed by atoms with Crippen LogP contribution in [0.4, 0.5) is 5.69 Å². The first-order chi connectivity index (χ1) is 7.88. The SMILES string of the molecule is O=C(O)c1cc(O)cc(NS(=O)(=O)C2CC2)c1. The topological polar surface area (TPSA) is 104 Å². The third-order valence-corrected chi connectivity index (χ3v) is 4.26. The van der Waals surface area contributed by atoms with Crippen molar-refractivity contribution in [3.63, 3.8) is 0 Å². The van der Waals surface area contributed by atoms with E-state index in [1.807, 2.05) is 0 Å². The highest BCUT2D eigenvalue weighted by molar-refractivity contribution is 7.93. The van der Waals surface area contributed by atoms with Crippen molar-refractivity contribution in [2.24, 2.45) is 0 Å². The smallest absolute Gasteiger partial charge is 0.335 e. The summed E-state index contributed by atoms with van der Waals surface area (Å²) in [6, 6.07) is 3.39. The molecular weight excluding hydrogens is 246 g/mol. The lowest BCUT2D eigenvalue weighted by Crippen LogP contribution is -2.17. The molecule has 0 spiro atoms. The van der Waals surface area contributed by atoms with Gasteiger partial charge in [0, 0.05) is 6.07 Å². The minimum absolute atomic E-state index is 0.0642. The second kappa shape index (κ2) is 3.92. The molecule has 0 bridgehead atoms. The Hall–Kier alpha value is -1.76. The Morgan fingerprint density at radius 3 is 2.47 bits per heavy atom. The number of carboxylic acids is 1. The van der Waals surface area contributed by atoms with E-state index in [0.717, 1.165) is 6.07 Å². The van der Waals surface area contributed by atoms with E-state index in [4.69, 9.17) is 5.11 Å². The molecular formula is C10H11NO5S. The monoisotopic (exact) mass is 257 g/mol. The maximum Gasteiger partial charge on any atom is 0.335 e. The molecule has 0 amide bonds. The van der Waals surface area contributed by atoms with E-state index < -0.39 is 21.2 Å². The van der Waals surface area contributed by atoms with Gasteiger partial charge in [0.15, 0.2) is 0 Å². The first kappa shape index (κ1) is 11.7. The Bertz CT molecular complexity index is 562. The van der Waals surface area contributed by atoms with Gasteiger partial charge in [-0.3, -0.25) is 4.72 Å². The van der Waals surface area contributed by atoms with Gasteiger partial charge < -0.3 is 10.2 Å². The summed E-state index contributed by atoms with van der Waals surface area (Å²) in [5.41, 5.74) is -0.104. The molecule has 1 aromatic rings. The van der Waals surface area contributed by atoms with E-state index in [1.54, 1.807) is 0 Å². The van der Waals surface area contributed by atoms with Gasteiger partial charge in [0.1, 0.15) is 5.75 Å². The number of nitrogens with one attached hydrogen (secondary N) is 1. The molecule has 6 nitrogen and oxygen atoms in total. The van der Waals surface area contributed by atoms with E-state index in [0.29, 0.717) is 12.8 Å². The minimum atomic E-state index is -3.45. The number of carbonyl (C=O) groups is 1. The van der Waals surface area contributed by atoms with E-state index in [1.165, 1.54) is 12.1 Å². The van der Waals surface area contributed by atoms with Crippen LogP contribution in [0, 0.1) is 0 Å². The number of benzene rings is 1. The number of phenols is 1. The largest absolute Gasteiger partial charge is 0.508 e. The van der Waals surface area contributed by atoms with Crippen molar-refractivity contribution in [2.75, 3.05) is 4.72 Å². The second-order valence-corrected chi connectivity index (χ2v) is 5.88. The summed E-state index contributed by atoms with van der Waals surface area (Å²) in [6.07, 6.45) is 1.22. The minimum Gasteiger partial charge on any atom is -0.508 e. The number of hydrogen-bond acceptors (Lipinski definition) is 4. The summed E-state index contributed by atoms with van der Waals surface area (Å²) in [4.78, 5) is 10.7.